The summed E-state index contributed by atoms with van der Waals surface area (Å²) < 4.78 is 22.1. The van der Waals surface area contributed by atoms with E-state index in [4.69, 9.17) is 30.6 Å². The molecule has 1 saturated heterocycles. The second-order valence-corrected chi connectivity index (χ2v) is 7.28. The molecule has 3 aliphatic rings. The largest absolute Gasteiger partial charge is 0.497 e. The monoisotopic (exact) mass is 424 g/mol. The van der Waals surface area contributed by atoms with Crippen LogP contribution in [0.25, 0.3) is 0 Å². The molecule has 1 aromatic rings. The van der Waals surface area contributed by atoms with E-state index in [0.29, 0.717) is 5.75 Å². The van der Waals surface area contributed by atoms with Gasteiger partial charge in [-0.15, -0.1) is 6.42 Å². The van der Waals surface area contributed by atoms with Gasteiger partial charge in [0.15, 0.2) is 11.7 Å². The molecule has 0 radical (unpaired) electrons. The van der Waals surface area contributed by atoms with Crippen LogP contribution in [-0.4, -0.2) is 59.0 Å². The minimum atomic E-state index is -2.06. The molecular formula is C22H20N2O7. The summed E-state index contributed by atoms with van der Waals surface area (Å²) in [6.07, 6.45) is 3.82. The van der Waals surface area contributed by atoms with Crippen LogP contribution in [0.1, 0.15) is 12.0 Å². The number of aliphatic hydroxyl groups excluding tert-OH is 1. The molecule has 31 heavy (non-hydrogen) atoms. The van der Waals surface area contributed by atoms with Crippen LogP contribution in [0.3, 0.4) is 0 Å². The summed E-state index contributed by atoms with van der Waals surface area (Å²) in [5, 5.41) is 31.1. The fraction of sp³-hybridized carbons (Fsp3) is 0.364. The number of hydrogen-bond donors (Lipinski definition) is 2. The van der Waals surface area contributed by atoms with E-state index < -0.39 is 23.6 Å². The van der Waals surface area contributed by atoms with Crippen molar-refractivity contribution in [2.45, 2.75) is 30.5 Å². The molecule has 1 amide bonds. The minimum Gasteiger partial charge on any atom is -0.497 e. The van der Waals surface area contributed by atoms with Gasteiger partial charge in [0.05, 0.1) is 44.7 Å². The van der Waals surface area contributed by atoms with Crippen molar-refractivity contribution in [3.05, 3.63) is 52.9 Å². The van der Waals surface area contributed by atoms with Gasteiger partial charge in [0.1, 0.15) is 11.5 Å². The van der Waals surface area contributed by atoms with Crippen molar-refractivity contribution < 1.29 is 34.0 Å². The Kier molecular flexibility index (Phi) is 5.21. The molecule has 1 aromatic carbocycles. The van der Waals surface area contributed by atoms with E-state index in [1.165, 1.54) is 4.90 Å². The number of terminal acetylenes is 1. The Morgan fingerprint density at radius 3 is 2.61 bits per heavy atom. The van der Waals surface area contributed by atoms with Crippen molar-refractivity contribution >= 4 is 6.09 Å². The average molecular weight is 424 g/mol. The second kappa shape index (κ2) is 7.73. The van der Waals surface area contributed by atoms with Crippen LogP contribution in [0.2, 0.25) is 0 Å². The smallest absolute Gasteiger partial charge is 0.420 e. The number of amides is 1. The fourth-order valence-corrected chi connectivity index (χ4v) is 4.05. The zero-order chi connectivity index (χ0) is 22.2. The number of ether oxygens (including phenoxy) is 4. The number of carbonyl (C=O) groups is 1. The van der Waals surface area contributed by atoms with Crippen LogP contribution in [0.5, 0.6) is 5.75 Å². The number of hydrogen-bond acceptors (Lipinski definition) is 8. The topological polar surface area (TPSA) is 121 Å². The molecule has 4 rings (SSSR count). The molecule has 2 atom stereocenters. The van der Waals surface area contributed by atoms with Crippen LogP contribution >= 0.6 is 0 Å². The van der Waals surface area contributed by atoms with E-state index in [-0.39, 0.29) is 43.2 Å². The highest BCUT2D eigenvalue weighted by atomic mass is 16.8. The normalized spacial score (nSPS) is 28.2. The Labute approximate surface area is 178 Å². The van der Waals surface area contributed by atoms with Crippen molar-refractivity contribution in [2.75, 3.05) is 20.3 Å². The number of methoxy groups -OCH3 is 1. The summed E-state index contributed by atoms with van der Waals surface area (Å²) in [6, 6.07) is 8.85. The number of nitrogens with zero attached hydrogens (tertiary/aromatic N) is 2. The quantitative estimate of drug-likeness (QED) is 0.548. The first kappa shape index (κ1) is 20.9. The Hall–Kier alpha value is -3.34. The van der Waals surface area contributed by atoms with Gasteiger partial charge in [-0.2, -0.15) is 5.26 Å². The predicted molar refractivity (Wildman–Crippen MR) is 105 cm³/mol. The minimum absolute atomic E-state index is 0.0527. The number of carbonyl (C=O) groups excluding carboxylic acids is 1. The SMILES string of the molecule is C#C[C@@]1(O)CC2=C(N(Cc3ccc(OC)cc3)C(=O)O/C2=C\C#N)C2(OCCO2)[C@H]1O. The van der Waals surface area contributed by atoms with Crippen molar-refractivity contribution in [1.29, 1.82) is 5.26 Å². The number of rotatable bonds is 3. The summed E-state index contributed by atoms with van der Waals surface area (Å²) in [6.45, 7) is 0.269. The van der Waals surface area contributed by atoms with Crippen LogP contribution in [0.15, 0.2) is 47.4 Å². The van der Waals surface area contributed by atoms with E-state index in [1.807, 2.05) is 6.07 Å². The molecule has 160 valence electrons. The molecule has 9 nitrogen and oxygen atoms in total. The number of cyclic esters (lactones) is 1. The predicted octanol–water partition coefficient (Wildman–Crippen LogP) is 1.18. The molecule has 2 heterocycles. The first-order valence-electron chi connectivity index (χ1n) is 9.50. The van der Waals surface area contributed by atoms with Crippen molar-refractivity contribution in [1.82, 2.24) is 4.90 Å². The van der Waals surface area contributed by atoms with Gasteiger partial charge >= 0.3 is 6.09 Å². The van der Waals surface area contributed by atoms with Crippen molar-refractivity contribution in [3.63, 3.8) is 0 Å². The molecule has 9 heteroatoms. The lowest BCUT2D eigenvalue weighted by molar-refractivity contribution is -0.248. The van der Waals surface area contributed by atoms with Gasteiger partial charge in [0.2, 0.25) is 5.79 Å². The van der Waals surface area contributed by atoms with Crippen molar-refractivity contribution in [2.24, 2.45) is 0 Å². The highest BCUT2D eigenvalue weighted by Gasteiger charge is 2.63. The van der Waals surface area contributed by atoms with Gasteiger partial charge in [0, 0.05) is 12.0 Å². The lowest BCUT2D eigenvalue weighted by atomic mass is 9.75. The van der Waals surface area contributed by atoms with E-state index in [1.54, 1.807) is 31.4 Å². The number of nitriles is 1. The number of benzene rings is 1. The zero-order valence-electron chi connectivity index (χ0n) is 16.7. The first-order chi connectivity index (χ1) is 14.9. The average Bonchev–Trinajstić information content (AvgIpc) is 3.26. The van der Waals surface area contributed by atoms with Gasteiger partial charge in [0.25, 0.3) is 0 Å². The van der Waals surface area contributed by atoms with Gasteiger partial charge in [-0.05, 0) is 17.7 Å². The Balaban J connectivity index is 1.88. The molecule has 0 saturated carbocycles. The van der Waals surface area contributed by atoms with E-state index in [2.05, 4.69) is 5.92 Å². The maximum Gasteiger partial charge on any atom is 0.420 e. The molecule has 2 aliphatic heterocycles. The van der Waals surface area contributed by atoms with Gasteiger partial charge < -0.3 is 29.2 Å². The third-order valence-corrected chi connectivity index (χ3v) is 5.52. The Bertz CT molecular complexity index is 1040. The summed E-state index contributed by atoms with van der Waals surface area (Å²) >= 11 is 0. The molecule has 1 spiro atoms. The second-order valence-electron chi connectivity index (χ2n) is 7.28. The molecule has 1 fully saturated rings. The maximum atomic E-state index is 12.9. The van der Waals surface area contributed by atoms with Crippen LogP contribution < -0.4 is 4.74 Å². The van der Waals surface area contributed by atoms with Crippen LogP contribution in [-0.2, 0) is 20.8 Å². The van der Waals surface area contributed by atoms with Crippen molar-refractivity contribution in [3.8, 4) is 24.2 Å². The number of allylic oxidation sites excluding steroid dienone is 2. The van der Waals surface area contributed by atoms with Gasteiger partial charge in [-0.3, -0.25) is 4.90 Å². The number of aliphatic hydroxyl groups is 2. The summed E-state index contributed by atoms with van der Waals surface area (Å²) in [7, 11) is 1.55. The lowest BCUT2D eigenvalue weighted by Gasteiger charge is -2.49. The highest BCUT2D eigenvalue weighted by molar-refractivity contribution is 5.76. The van der Waals surface area contributed by atoms with E-state index >= 15 is 0 Å². The molecule has 0 bridgehead atoms. The highest BCUT2D eigenvalue weighted by Crippen LogP contribution is 2.50. The van der Waals surface area contributed by atoms with Crippen LogP contribution in [0, 0.1) is 23.7 Å². The fourth-order valence-electron chi connectivity index (χ4n) is 4.05. The lowest BCUT2D eigenvalue weighted by Crippen LogP contribution is -2.64. The van der Waals surface area contributed by atoms with E-state index in [9.17, 15) is 15.0 Å². The van der Waals surface area contributed by atoms with Gasteiger partial charge in [-0.25, -0.2) is 4.79 Å². The standard InChI is InChI=1S/C22H20N2O7/c1-3-21(27)12-16-17(8-9-23)31-20(26)24(13-14-4-6-15(28-2)7-5-14)18(16)22(19(21)25)29-10-11-30-22/h1,4-8,19,25,27H,10-13H2,2H3/b17-8-/t19-,21+/m0/s1. The maximum absolute atomic E-state index is 12.9. The Morgan fingerprint density at radius 1 is 1.35 bits per heavy atom. The van der Waals surface area contributed by atoms with Crippen LogP contribution in [0.4, 0.5) is 4.79 Å². The third-order valence-electron chi connectivity index (χ3n) is 5.52. The van der Waals surface area contributed by atoms with E-state index in [0.717, 1.165) is 11.6 Å². The Morgan fingerprint density at radius 2 is 2.03 bits per heavy atom. The third kappa shape index (κ3) is 3.25. The summed E-state index contributed by atoms with van der Waals surface area (Å²) in [5.41, 5.74) is -0.918. The molecule has 2 N–H and O–H groups in total. The molecule has 0 aromatic heterocycles. The molecular weight excluding hydrogens is 404 g/mol. The number of fused-ring (bicyclic) bond motifs is 1. The molecule has 0 unspecified atom stereocenters. The van der Waals surface area contributed by atoms with Gasteiger partial charge in [-0.1, -0.05) is 18.1 Å². The first-order valence-corrected chi connectivity index (χ1v) is 9.50. The zero-order valence-corrected chi connectivity index (χ0v) is 16.7. The molecule has 1 aliphatic carbocycles. The summed E-state index contributed by atoms with van der Waals surface area (Å²) in [4.78, 5) is 14.2. The summed E-state index contributed by atoms with van der Waals surface area (Å²) in [5.74, 6) is 0.872.